The Bertz CT molecular complexity index is 762. The molecule has 0 aliphatic rings. The van der Waals surface area contributed by atoms with Crippen molar-refractivity contribution in [2.24, 2.45) is 4.99 Å². The summed E-state index contributed by atoms with van der Waals surface area (Å²) < 4.78 is 16.1. The maximum Gasteiger partial charge on any atom is 0.195 e. The van der Waals surface area contributed by atoms with Crippen molar-refractivity contribution in [3.8, 4) is 23.0 Å². The Labute approximate surface area is 153 Å². The van der Waals surface area contributed by atoms with E-state index in [9.17, 15) is 5.11 Å². The van der Waals surface area contributed by atoms with Crippen LogP contribution in [0, 0.1) is 0 Å². The summed E-state index contributed by atoms with van der Waals surface area (Å²) in [7, 11) is 4.86. The maximum absolute atomic E-state index is 9.97. The molecule has 0 aliphatic heterocycles. The number of ether oxygens (including phenoxy) is 3. The summed E-state index contributed by atoms with van der Waals surface area (Å²) in [5, 5.41) is 16.3. The van der Waals surface area contributed by atoms with E-state index in [0.717, 1.165) is 5.69 Å². The number of aromatic hydroxyl groups is 1. The molecule has 26 heavy (non-hydrogen) atoms. The number of hydrogen-bond acceptors (Lipinski definition) is 5. The van der Waals surface area contributed by atoms with Crippen LogP contribution in [-0.2, 0) is 6.54 Å². The predicted molar refractivity (Wildman–Crippen MR) is 103 cm³/mol. The Morgan fingerprint density at radius 1 is 1.08 bits per heavy atom. The molecule has 0 saturated carbocycles. The molecule has 2 aromatic carbocycles. The molecule has 0 amide bonds. The fourth-order valence-electron chi connectivity index (χ4n) is 2.35. The predicted octanol–water partition coefficient (Wildman–Crippen LogP) is 3.00. The second-order valence-corrected chi connectivity index (χ2v) is 5.34. The number of rotatable bonds is 7. The lowest BCUT2D eigenvalue weighted by Gasteiger charge is -2.15. The van der Waals surface area contributed by atoms with Gasteiger partial charge >= 0.3 is 0 Å². The Kier molecular flexibility index (Phi) is 6.96. The molecule has 0 aliphatic carbocycles. The molecule has 0 aromatic heterocycles. The maximum atomic E-state index is 9.97. The third kappa shape index (κ3) is 4.95. The fourth-order valence-corrected chi connectivity index (χ4v) is 2.35. The number of anilines is 1. The van der Waals surface area contributed by atoms with Crippen LogP contribution >= 0.6 is 0 Å². The molecule has 2 rings (SSSR count). The molecule has 0 fully saturated rings. The number of benzene rings is 2. The average molecular weight is 359 g/mol. The molecule has 0 atom stereocenters. The first kappa shape index (κ1) is 19.2. The summed E-state index contributed by atoms with van der Waals surface area (Å²) in [5.41, 5.74) is 1.50. The smallest absolute Gasteiger partial charge is 0.195 e. The number of aliphatic imine (C=N–C) groups is 1. The van der Waals surface area contributed by atoms with Crippen LogP contribution < -0.4 is 24.8 Å². The summed E-state index contributed by atoms with van der Waals surface area (Å²) in [4.78, 5) is 4.19. The Hall–Kier alpha value is -3.09. The molecule has 2 aromatic rings. The van der Waals surface area contributed by atoms with Gasteiger partial charge in [-0.3, -0.25) is 4.99 Å². The summed E-state index contributed by atoms with van der Waals surface area (Å²) in [6.45, 7) is 2.87. The van der Waals surface area contributed by atoms with Gasteiger partial charge in [0.2, 0.25) is 0 Å². The van der Waals surface area contributed by atoms with E-state index in [2.05, 4.69) is 15.6 Å². The number of guanidine groups is 1. The molecular formula is C19H25N3O4. The molecule has 0 bridgehead atoms. The van der Waals surface area contributed by atoms with Crippen molar-refractivity contribution in [3.63, 3.8) is 0 Å². The zero-order chi connectivity index (χ0) is 18.9. The van der Waals surface area contributed by atoms with Crippen LogP contribution in [0.15, 0.2) is 41.4 Å². The quantitative estimate of drug-likeness (QED) is 0.521. The Balaban J connectivity index is 2.06. The Morgan fingerprint density at radius 3 is 2.54 bits per heavy atom. The van der Waals surface area contributed by atoms with Crippen molar-refractivity contribution in [1.82, 2.24) is 5.32 Å². The van der Waals surface area contributed by atoms with Gasteiger partial charge in [0.1, 0.15) is 11.5 Å². The minimum Gasteiger partial charge on any atom is -0.508 e. The normalized spacial score (nSPS) is 11.0. The van der Waals surface area contributed by atoms with Gasteiger partial charge in [0, 0.05) is 30.9 Å². The van der Waals surface area contributed by atoms with E-state index < -0.39 is 0 Å². The topological polar surface area (TPSA) is 84.3 Å². The zero-order valence-electron chi connectivity index (χ0n) is 15.5. The molecule has 0 spiro atoms. The number of hydrogen-bond donors (Lipinski definition) is 3. The van der Waals surface area contributed by atoms with Crippen molar-refractivity contribution < 1.29 is 19.3 Å². The van der Waals surface area contributed by atoms with Crippen molar-refractivity contribution in [2.45, 2.75) is 13.5 Å². The lowest BCUT2D eigenvalue weighted by molar-refractivity contribution is 0.311. The lowest BCUT2D eigenvalue weighted by atomic mass is 10.2. The van der Waals surface area contributed by atoms with Gasteiger partial charge < -0.3 is 30.0 Å². The van der Waals surface area contributed by atoms with Gasteiger partial charge in [0.05, 0.1) is 20.8 Å². The minimum atomic E-state index is 0.191. The number of nitrogens with one attached hydrogen (secondary N) is 2. The highest BCUT2D eigenvalue weighted by atomic mass is 16.5. The van der Waals surface area contributed by atoms with Crippen molar-refractivity contribution in [1.29, 1.82) is 0 Å². The van der Waals surface area contributed by atoms with Crippen LogP contribution in [0.4, 0.5) is 5.69 Å². The largest absolute Gasteiger partial charge is 0.508 e. The van der Waals surface area contributed by atoms with Crippen LogP contribution in [0.1, 0.15) is 12.5 Å². The lowest BCUT2D eigenvalue weighted by Crippen LogP contribution is -2.30. The minimum absolute atomic E-state index is 0.191. The molecule has 3 N–H and O–H groups in total. The van der Waals surface area contributed by atoms with Gasteiger partial charge in [-0.25, -0.2) is 0 Å². The van der Waals surface area contributed by atoms with Crippen LogP contribution in [0.2, 0.25) is 0 Å². The number of methoxy groups -OCH3 is 2. The average Bonchev–Trinajstić information content (AvgIpc) is 2.67. The van der Waals surface area contributed by atoms with Gasteiger partial charge in [-0.15, -0.1) is 0 Å². The first-order chi connectivity index (χ1) is 12.6. The van der Waals surface area contributed by atoms with Crippen LogP contribution in [0.25, 0.3) is 0 Å². The van der Waals surface area contributed by atoms with E-state index >= 15 is 0 Å². The third-order valence-corrected chi connectivity index (χ3v) is 3.68. The second-order valence-electron chi connectivity index (χ2n) is 5.34. The third-order valence-electron chi connectivity index (χ3n) is 3.68. The first-order valence-electron chi connectivity index (χ1n) is 8.25. The van der Waals surface area contributed by atoms with E-state index in [4.69, 9.17) is 14.2 Å². The fraction of sp³-hybridized carbons (Fsp3) is 0.316. The molecule has 0 unspecified atom stereocenters. The SMILES string of the molecule is CCOc1ccc(NC(=NC)NCc2cc(OC)ccc2O)cc1OC. The van der Waals surface area contributed by atoms with E-state index in [0.29, 0.717) is 41.9 Å². The molecule has 7 heteroatoms. The van der Waals surface area contributed by atoms with Crippen molar-refractivity contribution >= 4 is 11.6 Å². The van der Waals surface area contributed by atoms with Gasteiger partial charge in [-0.1, -0.05) is 0 Å². The Morgan fingerprint density at radius 2 is 1.88 bits per heavy atom. The number of nitrogens with zero attached hydrogens (tertiary/aromatic N) is 1. The molecule has 0 radical (unpaired) electrons. The van der Waals surface area contributed by atoms with Gasteiger partial charge in [0.15, 0.2) is 17.5 Å². The summed E-state index contributed by atoms with van der Waals surface area (Å²) in [5.74, 6) is 2.75. The van der Waals surface area contributed by atoms with Crippen LogP contribution in [-0.4, -0.2) is 38.9 Å². The van der Waals surface area contributed by atoms with Gasteiger partial charge in [-0.05, 0) is 37.3 Å². The van der Waals surface area contributed by atoms with E-state index in [1.807, 2.05) is 25.1 Å². The van der Waals surface area contributed by atoms with Crippen molar-refractivity contribution in [2.75, 3.05) is 33.2 Å². The monoisotopic (exact) mass is 359 g/mol. The van der Waals surface area contributed by atoms with Gasteiger partial charge in [0.25, 0.3) is 0 Å². The molecule has 0 heterocycles. The highest BCUT2D eigenvalue weighted by molar-refractivity contribution is 5.93. The molecular weight excluding hydrogens is 334 g/mol. The van der Waals surface area contributed by atoms with Crippen molar-refractivity contribution in [3.05, 3.63) is 42.0 Å². The number of phenolic OH excluding ortho intramolecular Hbond substituents is 1. The zero-order valence-corrected chi connectivity index (χ0v) is 15.5. The molecule has 140 valence electrons. The number of phenols is 1. The molecule has 0 saturated heterocycles. The van der Waals surface area contributed by atoms with Gasteiger partial charge in [-0.2, -0.15) is 0 Å². The summed E-state index contributed by atoms with van der Waals surface area (Å²) >= 11 is 0. The molecule has 7 nitrogen and oxygen atoms in total. The highest BCUT2D eigenvalue weighted by Crippen LogP contribution is 2.30. The highest BCUT2D eigenvalue weighted by Gasteiger charge is 2.08. The second kappa shape index (κ2) is 9.41. The van der Waals surface area contributed by atoms with E-state index in [1.165, 1.54) is 0 Å². The van der Waals surface area contributed by atoms with Crippen LogP contribution in [0.5, 0.6) is 23.0 Å². The van der Waals surface area contributed by atoms with E-state index in [1.54, 1.807) is 39.5 Å². The standard InChI is InChI=1S/C19H25N3O4/c1-5-26-17-9-6-14(11-18(17)25-4)22-19(20-2)21-12-13-10-15(24-3)7-8-16(13)23/h6-11,23H,5,12H2,1-4H3,(H2,20,21,22). The summed E-state index contributed by atoms with van der Waals surface area (Å²) in [6.07, 6.45) is 0. The summed E-state index contributed by atoms with van der Waals surface area (Å²) in [6, 6.07) is 10.6. The van der Waals surface area contributed by atoms with E-state index in [-0.39, 0.29) is 5.75 Å². The first-order valence-corrected chi connectivity index (χ1v) is 8.25. The van der Waals surface area contributed by atoms with Crippen LogP contribution in [0.3, 0.4) is 0 Å².